The Bertz CT molecular complexity index is 390. The van der Waals surface area contributed by atoms with Gasteiger partial charge >= 0.3 is 5.97 Å². The standard InChI is InChI=1S/C13H22N2O2S/c1-5-15(10(2)8-14(3)4)9-11-6-7-12(18-11)13(16)17/h6-7,10H,5,8-9H2,1-4H3,(H,16,17). The first kappa shape index (κ1) is 15.1. The molecule has 0 aliphatic carbocycles. The molecule has 0 amide bonds. The van der Waals surface area contributed by atoms with Gasteiger partial charge in [-0.3, -0.25) is 4.90 Å². The summed E-state index contributed by atoms with van der Waals surface area (Å²) >= 11 is 1.37. The molecular weight excluding hydrogens is 248 g/mol. The van der Waals surface area contributed by atoms with E-state index in [0.717, 1.165) is 24.5 Å². The van der Waals surface area contributed by atoms with Gasteiger partial charge in [0, 0.05) is 24.0 Å². The molecule has 0 saturated carbocycles. The summed E-state index contributed by atoms with van der Waals surface area (Å²) in [6.45, 7) is 7.14. The molecule has 5 heteroatoms. The van der Waals surface area contributed by atoms with E-state index in [4.69, 9.17) is 5.11 Å². The average molecular weight is 270 g/mol. The number of thiophene rings is 1. The second-order valence-corrected chi connectivity index (χ2v) is 5.91. The molecule has 1 unspecified atom stereocenters. The Morgan fingerprint density at radius 3 is 2.56 bits per heavy atom. The van der Waals surface area contributed by atoms with Crippen molar-refractivity contribution >= 4 is 17.3 Å². The zero-order valence-electron chi connectivity index (χ0n) is 11.5. The monoisotopic (exact) mass is 270 g/mol. The lowest BCUT2D eigenvalue weighted by molar-refractivity contribution is 0.0702. The second-order valence-electron chi connectivity index (χ2n) is 4.75. The molecule has 1 heterocycles. The molecule has 0 spiro atoms. The Labute approximate surface area is 113 Å². The fraction of sp³-hybridized carbons (Fsp3) is 0.615. The van der Waals surface area contributed by atoms with Crippen LogP contribution in [0.25, 0.3) is 0 Å². The van der Waals surface area contributed by atoms with E-state index in [-0.39, 0.29) is 0 Å². The highest BCUT2D eigenvalue weighted by atomic mass is 32.1. The Balaban J connectivity index is 2.64. The number of carbonyl (C=O) groups is 1. The van der Waals surface area contributed by atoms with Gasteiger partial charge in [0.2, 0.25) is 0 Å². The highest BCUT2D eigenvalue weighted by Gasteiger charge is 2.15. The Hall–Kier alpha value is -0.910. The molecule has 0 bridgehead atoms. The van der Waals surface area contributed by atoms with Gasteiger partial charge in [0.25, 0.3) is 0 Å². The van der Waals surface area contributed by atoms with E-state index in [1.807, 2.05) is 6.07 Å². The van der Waals surface area contributed by atoms with Crippen molar-refractivity contribution in [3.05, 3.63) is 21.9 Å². The fourth-order valence-corrected chi connectivity index (χ4v) is 2.87. The first-order valence-corrected chi connectivity index (χ1v) is 6.96. The third kappa shape index (κ3) is 4.40. The number of rotatable bonds is 7. The van der Waals surface area contributed by atoms with E-state index in [2.05, 4.69) is 37.7 Å². The molecule has 4 nitrogen and oxygen atoms in total. The van der Waals surface area contributed by atoms with Crippen LogP contribution < -0.4 is 0 Å². The summed E-state index contributed by atoms with van der Waals surface area (Å²) in [6, 6.07) is 4.06. The molecule has 0 aliphatic heterocycles. The lowest BCUT2D eigenvalue weighted by Gasteiger charge is -2.29. The largest absolute Gasteiger partial charge is 0.477 e. The molecule has 102 valence electrons. The van der Waals surface area contributed by atoms with Crippen LogP contribution in [0.3, 0.4) is 0 Å². The molecule has 0 fully saturated rings. The highest BCUT2D eigenvalue weighted by molar-refractivity contribution is 7.13. The third-order valence-electron chi connectivity index (χ3n) is 2.89. The van der Waals surface area contributed by atoms with Crippen LogP contribution in [-0.4, -0.2) is 54.1 Å². The van der Waals surface area contributed by atoms with Gasteiger partial charge in [-0.05, 0) is 39.7 Å². The van der Waals surface area contributed by atoms with Gasteiger partial charge in [-0.25, -0.2) is 4.79 Å². The van der Waals surface area contributed by atoms with Gasteiger partial charge in [-0.1, -0.05) is 6.92 Å². The lowest BCUT2D eigenvalue weighted by atomic mass is 10.2. The molecule has 0 saturated heterocycles. The van der Waals surface area contributed by atoms with Gasteiger partial charge in [0.05, 0.1) is 0 Å². The Morgan fingerprint density at radius 1 is 1.44 bits per heavy atom. The maximum absolute atomic E-state index is 10.8. The van der Waals surface area contributed by atoms with Crippen molar-refractivity contribution in [2.75, 3.05) is 27.2 Å². The Morgan fingerprint density at radius 2 is 2.11 bits per heavy atom. The molecule has 0 aliphatic rings. The normalized spacial score (nSPS) is 13.2. The number of nitrogens with zero attached hydrogens (tertiary/aromatic N) is 2. The number of hydrogen-bond donors (Lipinski definition) is 1. The van der Waals surface area contributed by atoms with Crippen LogP contribution in [-0.2, 0) is 6.54 Å². The number of likely N-dealkylation sites (N-methyl/N-ethyl adjacent to an activating group) is 2. The summed E-state index contributed by atoms with van der Waals surface area (Å²) < 4.78 is 0. The first-order valence-electron chi connectivity index (χ1n) is 6.14. The summed E-state index contributed by atoms with van der Waals surface area (Å²) in [5.74, 6) is -0.837. The third-order valence-corrected chi connectivity index (χ3v) is 3.95. The summed E-state index contributed by atoms with van der Waals surface area (Å²) in [5.41, 5.74) is 0. The van der Waals surface area contributed by atoms with Crippen molar-refractivity contribution in [2.45, 2.75) is 26.4 Å². The minimum absolute atomic E-state index is 0.418. The minimum Gasteiger partial charge on any atom is -0.477 e. The van der Waals surface area contributed by atoms with Gasteiger partial charge in [0.1, 0.15) is 4.88 Å². The zero-order valence-corrected chi connectivity index (χ0v) is 12.3. The Kier molecular flexibility index (Phi) is 5.78. The van der Waals surface area contributed by atoms with Crippen LogP contribution in [0.15, 0.2) is 12.1 Å². The van der Waals surface area contributed by atoms with Crippen molar-refractivity contribution < 1.29 is 9.90 Å². The van der Waals surface area contributed by atoms with Crippen molar-refractivity contribution in [1.82, 2.24) is 9.80 Å². The topological polar surface area (TPSA) is 43.8 Å². The van der Waals surface area contributed by atoms with Crippen LogP contribution in [0.2, 0.25) is 0 Å². The smallest absolute Gasteiger partial charge is 0.345 e. The summed E-state index contributed by atoms with van der Waals surface area (Å²) in [6.07, 6.45) is 0. The predicted molar refractivity (Wildman–Crippen MR) is 75.4 cm³/mol. The van der Waals surface area contributed by atoms with Crippen molar-refractivity contribution in [3.8, 4) is 0 Å². The predicted octanol–water partition coefficient (Wildman–Crippen LogP) is 2.22. The number of carboxylic acids is 1. The zero-order chi connectivity index (χ0) is 13.7. The van der Waals surface area contributed by atoms with Gasteiger partial charge < -0.3 is 10.0 Å². The van der Waals surface area contributed by atoms with E-state index in [1.54, 1.807) is 6.07 Å². The van der Waals surface area contributed by atoms with Crippen LogP contribution in [0.5, 0.6) is 0 Å². The van der Waals surface area contributed by atoms with E-state index in [1.165, 1.54) is 11.3 Å². The average Bonchev–Trinajstić information content (AvgIpc) is 2.73. The molecule has 1 aromatic heterocycles. The van der Waals surface area contributed by atoms with Crippen LogP contribution in [0, 0.1) is 0 Å². The van der Waals surface area contributed by atoms with Gasteiger partial charge in [0.15, 0.2) is 0 Å². The number of aromatic carboxylic acids is 1. The van der Waals surface area contributed by atoms with E-state index < -0.39 is 5.97 Å². The van der Waals surface area contributed by atoms with Crippen LogP contribution in [0.1, 0.15) is 28.4 Å². The molecule has 0 radical (unpaired) electrons. The second kappa shape index (κ2) is 6.87. The summed E-state index contributed by atoms with van der Waals surface area (Å²) in [5, 5.41) is 8.91. The quantitative estimate of drug-likeness (QED) is 0.825. The van der Waals surface area contributed by atoms with Crippen LogP contribution >= 0.6 is 11.3 Å². The van der Waals surface area contributed by atoms with Crippen molar-refractivity contribution in [3.63, 3.8) is 0 Å². The fourth-order valence-electron chi connectivity index (χ4n) is 2.00. The number of hydrogen-bond acceptors (Lipinski definition) is 4. The van der Waals surface area contributed by atoms with Gasteiger partial charge in [-0.2, -0.15) is 0 Å². The minimum atomic E-state index is -0.837. The molecule has 1 N–H and O–H groups in total. The first-order chi connectivity index (χ1) is 8.43. The molecule has 1 atom stereocenters. The van der Waals surface area contributed by atoms with Crippen molar-refractivity contribution in [2.24, 2.45) is 0 Å². The SMILES string of the molecule is CCN(Cc1ccc(C(=O)O)s1)C(C)CN(C)C. The van der Waals surface area contributed by atoms with E-state index in [9.17, 15) is 4.79 Å². The highest BCUT2D eigenvalue weighted by Crippen LogP contribution is 2.19. The summed E-state index contributed by atoms with van der Waals surface area (Å²) in [4.78, 5) is 16.9. The van der Waals surface area contributed by atoms with E-state index >= 15 is 0 Å². The maximum Gasteiger partial charge on any atom is 0.345 e. The molecule has 1 aromatic rings. The lowest BCUT2D eigenvalue weighted by Crippen LogP contribution is -2.39. The summed E-state index contributed by atoms with van der Waals surface area (Å²) in [7, 11) is 4.13. The molecular formula is C13H22N2O2S. The maximum atomic E-state index is 10.8. The molecule has 0 aromatic carbocycles. The van der Waals surface area contributed by atoms with Crippen LogP contribution in [0.4, 0.5) is 0 Å². The van der Waals surface area contributed by atoms with Crippen molar-refractivity contribution in [1.29, 1.82) is 0 Å². The van der Waals surface area contributed by atoms with E-state index in [0.29, 0.717) is 10.9 Å². The molecule has 18 heavy (non-hydrogen) atoms. The molecule has 1 rings (SSSR count). The number of carboxylic acid groups (broad SMARTS) is 1. The van der Waals surface area contributed by atoms with Gasteiger partial charge in [-0.15, -0.1) is 11.3 Å².